The molecule has 3 nitrogen and oxygen atoms in total. The van der Waals surface area contributed by atoms with E-state index in [4.69, 9.17) is 0 Å². The van der Waals surface area contributed by atoms with Gasteiger partial charge in [0.2, 0.25) is 5.91 Å². The van der Waals surface area contributed by atoms with Gasteiger partial charge in [0, 0.05) is 18.4 Å². The molecule has 0 bridgehead atoms. The van der Waals surface area contributed by atoms with Crippen LogP contribution in [0.5, 0.6) is 0 Å². The number of anilines is 1. The zero-order valence-corrected chi connectivity index (χ0v) is 14.9. The second-order valence-electron chi connectivity index (χ2n) is 6.75. The molecule has 2 aromatic rings. The van der Waals surface area contributed by atoms with Crippen molar-refractivity contribution in [3.05, 3.63) is 65.0 Å². The van der Waals surface area contributed by atoms with Crippen molar-refractivity contribution in [1.82, 2.24) is 0 Å². The average Bonchev–Trinajstić information content (AvgIpc) is 2.56. The van der Waals surface area contributed by atoms with Gasteiger partial charge >= 0.3 is 0 Å². The fourth-order valence-corrected chi connectivity index (χ4v) is 2.62. The van der Waals surface area contributed by atoms with E-state index in [1.165, 1.54) is 11.6 Å². The number of nitrogens with one attached hydrogen (secondary N) is 1. The number of Topliss-reactive ketones (excluding diaryl/α,β-unsaturated/α-hetero) is 1. The second kappa shape index (κ2) is 8.56. The number of rotatable bonds is 7. The molecule has 0 aromatic heterocycles. The summed E-state index contributed by atoms with van der Waals surface area (Å²) in [4.78, 5) is 24.2. The lowest BCUT2D eigenvalue weighted by atomic mass is 9.99. The largest absolute Gasteiger partial charge is 0.324 e. The summed E-state index contributed by atoms with van der Waals surface area (Å²) in [6, 6.07) is 12.0. The Morgan fingerprint density at radius 2 is 1.72 bits per heavy atom. The van der Waals surface area contributed by atoms with Crippen molar-refractivity contribution >= 4 is 17.4 Å². The molecule has 0 fully saturated rings. The van der Waals surface area contributed by atoms with Crippen molar-refractivity contribution in [2.75, 3.05) is 5.32 Å². The summed E-state index contributed by atoms with van der Waals surface area (Å²) in [7, 11) is 0. The second-order valence-corrected chi connectivity index (χ2v) is 6.75. The Morgan fingerprint density at radius 1 is 1.04 bits per heavy atom. The van der Waals surface area contributed by atoms with Gasteiger partial charge in [-0.05, 0) is 42.5 Å². The predicted octanol–water partition coefficient (Wildman–Crippen LogP) is 4.93. The van der Waals surface area contributed by atoms with Crippen LogP contribution in [-0.2, 0) is 11.2 Å². The number of hydrogen-bond acceptors (Lipinski definition) is 2. The zero-order chi connectivity index (χ0) is 18.4. The first-order valence-electron chi connectivity index (χ1n) is 8.53. The van der Waals surface area contributed by atoms with Gasteiger partial charge < -0.3 is 5.32 Å². The predicted molar refractivity (Wildman–Crippen MR) is 98.3 cm³/mol. The lowest BCUT2D eigenvalue weighted by Gasteiger charge is -2.08. The zero-order valence-electron chi connectivity index (χ0n) is 14.9. The molecule has 0 aliphatic heterocycles. The number of halogens is 1. The molecule has 2 aromatic carbocycles. The molecule has 1 N–H and O–H groups in total. The normalized spacial score (nSPS) is 10.8. The van der Waals surface area contributed by atoms with Gasteiger partial charge in [0.25, 0.3) is 0 Å². The smallest absolute Gasteiger partial charge is 0.224 e. The number of hydrogen-bond donors (Lipinski definition) is 1. The van der Waals surface area contributed by atoms with Crippen LogP contribution in [0.2, 0.25) is 0 Å². The minimum atomic E-state index is -0.481. The third-order valence-corrected chi connectivity index (χ3v) is 3.89. The lowest BCUT2D eigenvalue weighted by Crippen LogP contribution is -2.14. The summed E-state index contributed by atoms with van der Waals surface area (Å²) in [5, 5.41) is 2.52. The standard InChI is InChI=1S/C21H24FNO2/c1-14(2)12-16-5-7-17(8-6-16)20(24)10-11-21(25)23-19-13-15(3)4-9-18(19)22/h4-9,13-14H,10-12H2,1-3H3,(H,23,25). The van der Waals surface area contributed by atoms with Gasteiger partial charge in [-0.25, -0.2) is 4.39 Å². The molecule has 0 unspecified atom stereocenters. The molecular weight excluding hydrogens is 317 g/mol. The molecule has 0 spiro atoms. The van der Waals surface area contributed by atoms with Crippen molar-refractivity contribution in [2.24, 2.45) is 5.92 Å². The average molecular weight is 341 g/mol. The number of carbonyl (C=O) groups is 2. The van der Waals surface area contributed by atoms with Crippen LogP contribution in [0.15, 0.2) is 42.5 Å². The molecule has 132 valence electrons. The maximum atomic E-state index is 13.6. The number of amides is 1. The van der Waals surface area contributed by atoms with Crippen LogP contribution in [0.1, 0.15) is 48.2 Å². The van der Waals surface area contributed by atoms with Crippen molar-refractivity contribution in [2.45, 2.75) is 40.0 Å². The van der Waals surface area contributed by atoms with Crippen LogP contribution in [-0.4, -0.2) is 11.7 Å². The van der Waals surface area contributed by atoms with Gasteiger partial charge in [-0.2, -0.15) is 0 Å². The van der Waals surface area contributed by atoms with E-state index in [0.29, 0.717) is 11.5 Å². The Labute approximate surface area is 148 Å². The van der Waals surface area contributed by atoms with Gasteiger partial charge in [-0.15, -0.1) is 0 Å². The van der Waals surface area contributed by atoms with Crippen LogP contribution in [0.4, 0.5) is 10.1 Å². The van der Waals surface area contributed by atoms with E-state index in [2.05, 4.69) is 19.2 Å². The Balaban J connectivity index is 1.88. The summed E-state index contributed by atoms with van der Waals surface area (Å²) in [6.07, 6.45) is 1.10. The van der Waals surface area contributed by atoms with Crippen molar-refractivity contribution in [3.63, 3.8) is 0 Å². The molecule has 0 radical (unpaired) electrons. The van der Waals surface area contributed by atoms with E-state index in [1.807, 2.05) is 19.1 Å². The lowest BCUT2D eigenvalue weighted by molar-refractivity contribution is -0.116. The first-order valence-corrected chi connectivity index (χ1v) is 8.53. The van der Waals surface area contributed by atoms with Gasteiger partial charge in [-0.1, -0.05) is 44.2 Å². The summed E-state index contributed by atoms with van der Waals surface area (Å²) in [6.45, 7) is 6.12. The first kappa shape index (κ1) is 18.8. The SMILES string of the molecule is Cc1ccc(F)c(NC(=O)CCC(=O)c2ccc(CC(C)C)cc2)c1. The highest BCUT2D eigenvalue weighted by Gasteiger charge is 2.11. The Bertz CT molecular complexity index is 751. The molecule has 0 atom stereocenters. The van der Waals surface area contributed by atoms with E-state index in [-0.39, 0.29) is 30.2 Å². The molecule has 1 amide bonds. The highest BCUT2D eigenvalue weighted by molar-refractivity contribution is 6.00. The van der Waals surface area contributed by atoms with Gasteiger partial charge in [-0.3, -0.25) is 9.59 Å². The molecule has 0 heterocycles. The monoisotopic (exact) mass is 341 g/mol. The molecule has 0 saturated carbocycles. The number of carbonyl (C=O) groups excluding carboxylic acids is 2. The molecular formula is C21H24FNO2. The quantitative estimate of drug-likeness (QED) is 0.726. The Morgan fingerprint density at radius 3 is 2.36 bits per heavy atom. The third-order valence-electron chi connectivity index (χ3n) is 3.89. The Hall–Kier alpha value is -2.49. The minimum Gasteiger partial charge on any atom is -0.324 e. The third kappa shape index (κ3) is 5.82. The topological polar surface area (TPSA) is 46.2 Å². The Kier molecular flexibility index (Phi) is 6.45. The summed E-state index contributed by atoms with van der Waals surface area (Å²) >= 11 is 0. The highest BCUT2D eigenvalue weighted by Crippen LogP contribution is 2.17. The van der Waals surface area contributed by atoms with E-state index < -0.39 is 5.82 Å². The number of ketones is 1. The van der Waals surface area contributed by atoms with Gasteiger partial charge in [0.1, 0.15) is 5.82 Å². The molecule has 2 rings (SSSR count). The van der Waals surface area contributed by atoms with Crippen LogP contribution < -0.4 is 5.32 Å². The molecule has 25 heavy (non-hydrogen) atoms. The molecule has 0 saturated heterocycles. The fourth-order valence-electron chi connectivity index (χ4n) is 2.62. The number of benzene rings is 2. The summed E-state index contributed by atoms with van der Waals surface area (Å²) in [5.41, 5.74) is 2.80. The van der Waals surface area contributed by atoms with E-state index in [1.54, 1.807) is 24.3 Å². The van der Waals surface area contributed by atoms with Crippen molar-refractivity contribution < 1.29 is 14.0 Å². The van der Waals surface area contributed by atoms with E-state index in [9.17, 15) is 14.0 Å². The van der Waals surface area contributed by atoms with Crippen molar-refractivity contribution in [3.8, 4) is 0 Å². The van der Waals surface area contributed by atoms with E-state index in [0.717, 1.165) is 12.0 Å². The van der Waals surface area contributed by atoms with Gasteiger partial charge in [0.05, 0.1) is 5.69 Å². The maximum absolute atomic E-state index is 13.6. The summed E-state index contributed by atoms with van der Waals surface area (Å²) in [5.74, 6) is -0.372. The van der Waals surface area contributed by atoms with Crippen molar-refractivity contribution in [1.29, 1.82) is 0 Å². The summed E-state index contributed by atoms with van der Waals surface area (Å²) < 4.78 is 13.6. The van der Waals surface area contributed by atoms with Crippen LogP contribution in [0.25, 0.3) is 0 Å². The molecule has 4 heteroatoms. The fraction of sp³-hybridized carbons (Fsp3) is 0.333. The van der Waals surface area contributed by atoms with Crippen LogP contribution in [0, 0.1) is 18.7 Å². The molecule has 0 aliphatic carbocycles. The minimum absolute atomic E-state index is 0.0277. The first-order chi connectivity index (χ1) is 11.8. The van der Waals surface area contributed by atoms with Gasteiger partial charge in [0.15, 0.2) is 5.78 Å². The van der Waals surface area contributed by atoms with Crippen LogP contribution >= 0.6 is 0 Å². The van der Waals surface area contributed by atoms with E-state index >= 15 is 0 Å². The highest BCUT2D eigenvalue weighted by atomic mass is 19.1. The number of aryl methyl sites for hydroxylation is 1. The molecule has 0 aliphatic rings. The maximum Gasteiger partial charge on any atom is 0.224 e. The van der Waals surface area contributed by atoms with Crippen LogP contribution in [0.3, 0.4) is 0 Å².